The minimum absolute atomic E-state index is 0.135. The fourth-order valence-electron chi connectivity index (χ4n) is 2.09. The third kappa shape index (κ3) is 4.14. The molecule has 0 bridgehead atoms. The molecule has 1 unspecified atom stereocenters. The largest absolute Gasteiger partial charge is 0.475 e. The summed E-state index contributed by atoms with van der Waals surface area (Å²) in [7, 11) is 0. The van der Waals surface area contributed by atoms with Gasteiger partial charge in [-0.15, -0.1) is 0 Å². The molecular weight excluding hydrogens is 228 g/mol. The van der Waals surface area contributed by atoms with Crippen LogP contribution < -0.4 is 15.4 Å². The Hall–Kier alpha value is -1.36. The highest BCUT2D eigenvalue weighted by molar-refractivity contribution is 5.37. The van der Waals surface area contributed by atoms with E-state index in [2.05, 4.69) is 20.6 Å². The van der Waals surface area contributed by atoms with Crippen LogP contribution in [0.3, 0.4) is 0 Å². The van der Waals surface area contributed by atoms with Crippen LogP contribution >= 0.6 is 0 Å². The number of hydrogen-bond donors (Lipinski definition) is 2. The lowest BCUT2D eigenvalue weighted by Crippen LogP contribution is -2.33. The molecule has 1 aliphatic rings. The maximum atomic E-state index is 5.54. The molecule has 2 rings (SSSR count). The van der Waals surface area contributed by atoms with Crippen molar-refractivity contribution >= 4 is 5.82 Å². The lowest BCUT2D eigenvalue weighted by Gasteiger charge is -2.23. The molecule has 0 aromatic carbocycles. The smallest absolute Gasteiger partial charge is 0.218 e. The first-order valence-corrected chi connectivity index (χ1v) is 6.67. The molecule has 100 valence electrons. The third-order valence-corrected chi connectivity index (χ3v) is 2.97. The van der Waals surface area contributed by atoms with Crippen LogP contribution in [0.4, 0.5) is 5.82 Å². The zero-order chi connectivity index (χ0) is 12.8. The molecule has 1 aliphatic heterocycles. The summed E-state index contributed by atoms with van der Waals surface area (Å²) in [5.41, 5.74) is 0. The second-order valence-electron chi connectivity index (χ2n) is 5.00. The Morgan fingerprint density at radius 1 is 1.50 bits per heavy atom. The number of anilines is 1. The van der Waals surface area contributed by atoms with Crippen molar-refractivity contribution < 1.29 is 4.74 Å². The van der Waals surface area contributed by atoms with Crippen molar-refractivity contribution in [2.75, 3.05) is 25.0 Å². The van der Waals surface area contributed by atoms with E-state index in [1.54, 1.807) is 6.33 Å². The predicted molar refractivity (Wildman–Crippen MR) is 71.9 cm³/mol. The van der Waals surface area contributed by atoms with E-state index in [0.717, 1.165) is 25.5 Å². The number of rotatable bonds is 5. The Balaban J connectivity index is 1.84. The highest BCUT2D eigenvalue weighted by Crippen LogP contribution is 2.15. The topological polar surface area (TPSA) is 59.1 Å². The summed E-state index contributed by atoms with van der Waals surface area (Å²) in [5, 5.41) is 6.77. The molecule has 2 heterocycles. The number of nitrogens with one attached hydrogen (secondary N) is 2. The molecule has 1 aromatic rings. The van der Waals surface area contributed by atoms with E-state index >= 15 is 0 Å². The Morgan fingerprint density at radius 3 is 3.11 bits per heavy atom. The summed E-state index contributed by atoms with van der Waals surface area (Å²) in [4.78, 5) is 8.30. The number of aromatic nitrogens is 2. The van der Waals surface area contributed by atoms with Gasteiger partial charge in [0.25, 0.3) is 0 Å². The van der Waals surface area contributed by atoms with Gasteiger partial charge >= 0.3 is 0 Å². The first-order chi connectivity index (χ1) is 8.74. The molecule has 0 amide bonds. The zero-order valence-electron chi connectivity index (χ0n) is 11.1. The van der Waals surface area contributed by atoms with Gasteiger partial charge in [0, 0.05) is 12.6 Å². The summed E-state index contributed by atoms with van der Waals surface area (Å²) in [5.74, 6) is 2.15. The molecule has 5 heteroatoms. The van der Waals surface area contributed by atoms with Crippen molar-refractivity contribution in [2.45, 2.75) is 32.8 Å². The summed E-state index contributed by atoms with van der Waals surface area (Å²) >= 11 is 0. The van der Waals surface area contributed by atoms with Crippen LogP contribution in [0.2, 0.25) is 0 Å². The molecule has 1 aromatic heterocycles. The Labute approximate surface area is 108 Å². The van der Waals surface area contributed by atoms with Crippen molar-refractivity contribution in [3.05, 3.63) is 12.4 Å². The molecule has 0 spiro atoms. The maximum absolute atomic E-state index is 5.54. The fourth-order valence-corrected chi connectivity index (χ4v) is 2.09. The molecular formula is C13H22N4O. The predicted octanol–water partition coefficient (Wildman–Crippen LogP) is 1.68. The minimum atomic E-state index is 0.135. The third-order valence-electron chi connectivity index (χ3n) is 2.97. The van der Waals surface area contributed by atoms with Crippen LogP contribution in [0.15, 0.2) is 12.4 Å². The monoisotopic (exact) mass is 250 g/mol. The van der Waals surface area contributed by atoms with Crippen LogP contribution in [-0.4, -0.2) is 35.7 Å². The minimum Gasteiger partial charge on any atom is -0.475 e. The molecule has 2 N–H and O–H groups in total. The SMILES string of the molecule is CC(C)Oc1cc(NCC2CCCNC2)ncn1. The van der Waals surface area contributed by atoms with Crippen molar-refractivity contribution in [1.29, 1.82) is 0 Å². The van der Waals surface area contributed by atoms with Crippen LogP contribution in [0, 0.1) is 5.92 Å². The summed E-state index contributed by atoms with van der Waals surface area (Å²) in [6, 6.07) is 1.86. The molecule has 18 heavy (non-hydrogen) atoms. The molecule has 1 saturated heterocycles. The van der Waals surface area contributed by atoms with Gasteiger partial charge in [0.2, 0.25) is 5.88 Å². The summed E-state index contributed by atoms with van der Waals surface area (Å²) in [6.07, 6.45) is 4.22. The van der Waals surface area contributed by atoms with Crippen LogP contribution in [-0.2, 0) is 0 Å². The van der Waals surface area contributed by atoms with Gasteiger partial charge < -0.3 is 15.4 Å². The first-order valence-electron chi connectivity index (χ1n) is 6.67. The number of hydrogen-bond acceptors (Lipinski definition) is 5. The average molecular weight is 250 g/mol. The second kappa shape index (κ2) is 6.54. The van der Waals surface area contributed by atoms with Gasteiger partial charge in [0.15, 0.2) is 0 Å². The standard InChI is InChI=1S/C13H22N4O/c1-10(2)18-13-6-12(16-9-17-13)15-8-11-4-3-5-14-7-11/h6,9-11,14H,3-5,7-8H2,1-2H3,(H,15,16,17). The van der Waals surface area contributed by atoms with Crippen LogP contribution in [0.5, 0.6) is 5.88 Å². The normalized spacial score (nSPS) is 19.8. The molecule has 1 atom stereocenters. The van der Waals surface area contributed by atoms with Crippen molar-refractivity contribution in [3.8, 4) is 5.88 Å². The van der Waals surface area contributed by atoms with Gasteiger partial charge in [0.05, 0.1) is 6.10 Å². The van der Waals surface area contributed by atoms with E-state index in [9.17, 15) is 0 Å². The van der Waals surface area contributed by atoms with E-state index < -0.39 is 0 Å². The zero-order valence-corrected chi connectivity index (χ0v) is 11.1. The van der Waals surface area contributed by atoms with Gasteiger partial charge in [-0.1, -0.05) is 0 Å². The van der Waals surface area contributed by atoms with Crippen molar-refractivity contribution in [1.82, 2.24) is 15.3 Å². The molecule has 1 fully saturated rings. The second-order valence-corrected chi connectivity index (χ2v) is 5.00. The molecule has 0 saturated carbocycles. The van der Waals surface area contributed by atoms with E-state index in [-0.39, 0.29) is 6.10 Å². The Morgan fingerprint density at radius 2 is 2.39 bits per heavy atom. The van der Waals surface area contributed by atoms with Gasteiger partial charge in [0.1, 0.15) is 12.1 Å². The Kier molecular flexibility index (Phi) is 4.75. The fraction of sp³-hybridized carbons (Fsp3) is 0.692. The molecule has 0 radical (unpaired) electrons. The quantitative estimate of drug-likeness (QED) is 0.832. The molecule has 5 nitrogen and oxygen atoms in total. The van der Waals surface area contributed by atoms with Gasteiger partial charge in [-0.2, -0.15) is 0 Å². The highest BCUT2D eigenvalue weighted by Gasteiger charge is 2.12. The first kappa shape index (κ1) is 13.1. The van der Waals surface area contributed by atoms with Crippen LogP contribution in [0.25, 0.3) is 0 Å². The average Bonchev–Trinajstić information content (AvgIpc) is 2.37. The van der Waals surface area contributed by atoms with Gasteiger partial charge in [-0.3, -0.25) is 0 Å². The van der Waals surface area contributed by atoms with E-state index in [4.69, 9.17) is 4.74 Å². The maximum Gasteiger partial charge on any atom is 0.218 e. The van der Waals surface area contributed by atoms with E-state index in [1.165, 1.54) is 12.8 Å². The highest BCUT2D eigenvalue weighted by atomic mass is 16.5. The summed E-state index contributed by atoms with van der Waals surface area (Å²) < 4.78 is 5.54. The lowest BCUT2D eigenvalue weighted by molar-refractivity contribution is 0.232. The van der Waals surface area contributed by atoms with E-state index in [0.29, 0.717) is 11.8 Å². The van der Waals surface area contributed by atoms with Crippen molar-refractivity contribution in [2.24, 2.45) is 5.92 Å². The van der Waals surface area contributed by atoms with Crippen LogP contribution in [0.1, 0.15) is 26.7 Å². The van der Waals surface area contributed by atoms with Gasteiger partial charge in [-0.25, -0.2) is 9.97 Å². The number of ether oxygens (including phenoxy) is 1. The summed E-state index contributed by atoms with van der Waals surface area (Å²) in [6.45, 7) is 7.17. The van der Waals surface area contributed by atoms with Gasteiger partial charge in [-0.05, 0) is 45.7 Å². The number of piperidine rings is 1. The molecule has 0 aliphatic carbocycles. The van der Waals surface area contributed by atoms with E-state index in [1.807, 2.05) is 19.9 Å². The lowest BCUT2D eigenvalue weighted by atomic mass is 10.00. The number of nitrogens with zero attached hydrogens (tertiary/aromatic N) is 2. The van der Waals surface area contributed by atoms with Crippen molar-refractivity contribution in [3.63, 3.8) is 0 Å². The Bertz CT molecular complexity index is 364.